The van der Waals surface area contributed by atoms with Gasteiger partial charge in [-0.2, -0.15) is 0 Å². The second kappa shape index (κ2) is 3.21. The van der Waals surface area contributed by atoms with Crippen molar-refractivity contribution in [2.45, 2.75) is 37.5 Å². The van der Waals surface area contributed by atoms with Crippen molar-refractivity contribution in [1.82, 2.24) is 10.6 Å². The minimum atomic E-state index is 0.134. The number of carbonyl (C=O) groups excluding carboxylic acids is 1. The Morgan fingerprint density at radius 1 is 1.36 bits per heavy atom. The molecule has 0 aliphatic carbocycles. The van der Waals surface area contributed by atoms with Crippen LogP contribution in [-0.2, 0) is 9.53 Å². The van der Waals surface area contributed by atoms with Gasteiger partial charge in [0, 0.05) is 13.1 Å². The molecule has 3 heterocycles. The molecule has 0 saturated carbocycles. The van der Waals surface area contributed by atoms with Crippen LogP contribution in [0, 0.1) is 5.92 Å². The number of ether oxygens (including phenoxy) is 1. The number of hydrogen-bond acceptors (Lipinski definition) is 3. The molecule has 1 amide bonds. The van der Waals surface area contributed by atoms with Crippen molar-refractivity contribution < 1.29 is 9.53 Å². The smallest absolute Gasteiger partial charge is 0.226 e. The summed E-state index contributed by atoms with van der Waals surface area (Å²) >= 11 is 0. The minimum absolute atomic E-state index is 0.134. The lowest BCUT2D eigenvalue weighted by Crippen LogP contribution is -2.58. The number of carbonyl (C=O) groups is 1. The molecule has 3 atom stereocenters. The highest BCUT2D eigenvalue weighted by molar-refractivity contribution is 5.80. The van der Waals surface area contributed by atoms with Crippen LogP contribution in [0.5, 0.6) is 0 Å². The van der Waals surface area contributed by atoms with E-state index in [1.807, 2.05) is 0 Å². The van der Waals surface area contributed by atoms with E-state index in [9.17, 15) is 4.79 Å². The molecule has 3 aliphatic heterocycles. The first-order valence-corrected chi connectivity index (χ1v) is 5.49. The Hall–Kier alpha value is -0.610. The van der Waals surface area contributed by atoms with E-state index in [1.54, 1.807) is 0 Å². The minimum Gasteiger partial charge on any atom is -0.374 e. The van der Waals surface area contributed by atoms with Gasteiger partial charge in [-0.05, 0) is 19.3 Å². The van der Waals surface area contributed by atoms with Crippen molar-refractivity contribution in [1.29, 1.82) is 0 Å². The first kappa shape index (κ1) is 8.68. The summed E-state index contributed by atoms with van der Waals surface area (Å²) in [6, 6.07) is 0.363. The van der Waals surface area contributed by atoms with Crippen molar-refractivity contribution in [2.24, 2.45) is 5.92 Å². The average Bonchev–Trinajstić information content (AvgIpc) is 2.71. The maximum atomic E-state index is 11.8. The molecule has 3 saturated heterocycles. The molecule has 3 aliphatic rings. The van der Waals surface area contributed by atoms with E-state index in [0.717, 1.165) is 32.4 Å². The van der Waals surface area contributed by atoms with Gasteiger partial charge in [0.2, 0.25) is 5.91 Å². The van der Waals surface area contributed by atoms with E-state index in [2.05, 4.69) is 10.6 Å². The highest BCUT2D eigenvalue weighted by atomic mass is 16.5. The van der Waals surface area contributed by atoms with Gasteiger partial charge in [0.15, 0.2) is 0 Å². The van der Waals surface area contributed by atoms with Gasteiger partial charge >= 0.3 is 0 Å². The Bertz CT molecular complexity index is 253. The van der Waals surface area contributed by atoms with Gasteiger partial charge < -0.3 is 15.4 Å². The lowest BCUT2D eigenvalue weighted by molar-refractivity contribution is -0.127. The Labute approximate surface area is 83.4 Å². The number of nitrogens with one attached hydrogen (secondary N) is 2. The lowest BCUT2D eigenvalue weighted by Gasteiger charge is -2.30. The number of hydrogen-bond donors (Lipinski definition) is 2. The van der Waals surface area contributed by atoms with Gasteiger partial charge in [0.05, 0.1) is 24.2 Å². The molecule has 3 rings (SSSR count). The fourth-order valence-corrected chi connectivity index (χ4v) is 2.61. The summed E-state index contributed by atoms with van der Waals surface area (Å²) in [5.41, 5.74) is 0. The second-order valence-corrected chi connectivity index (χ2v) is 4.58. The van der Waals surface area contributed by atoms with E-state index in [-0.39, 0.29) is 17.9 Å². The molecule has 0 aromatic rings. The molecule has 2 N–H and O–H groups in total. The standard InChI is InChI=1S/C10H16N2O2/c13-10(12-6-4-11-5-6)8-3-7-1-2-9(8)14-7/h6-9,11H,1-5H2,(H,12,13)/t7-,8-,9+/m1/s1. The summed E-state index contributed by atoms with van der Waals surface area (Å²) in [4.78, 5) is 11.8. The predicted octanol–water partition coefficient (Wildman–Crippen LogP) is -0.358. The first-order valence-electron chi connectivity index (χ1n) is 5.49. The van der Waals surface area contributed by atoms with Crippen LogP contribution in [-0.4, -0.2) is 37.2 Å². The summed E-state index contributed by atoms with van der Waals surface area (Å²) in [5, 5.41) is 6.21. The SMILES string of the molecule is O=C(NC1CNC1)[C@@H]1C[C@H]2CC[C@@H]1O2. The molecule has 14 heavy (non-hydrogen) atoms. The zero-order valence-corrected chi connectivity index (χ0v) is 8.16. The van der Waals surface area contributed by atoms with Crippen molar-refractivity contribution in [3.63, 3.8) is 0 Å². The molecular formula is C10H16N2O2. The van der Waals surface area contributed by atoms with Crippen LogP contribution in [0.2, 0.25) is 0 Å². The summed E-state index contributed by atoms with van der Waals surface area (Å²) in [5.74, 6) is 0.345. The fourth-order valence-electron chi connectivity index (χ4n) is 2.61. The van der Waals surface area contributed by atoms with Gasteiger partial charge in [-0.15, -0.1) is 0 Å². The third-order valence-corrected chi connectivity index (χ3v) is 3.57. The van der Waals surface area contributed by atoms with Crippen LogP contribution in [0.4, 0.5) is 0 Å². The molecular weight excluding hydrogens is 180 g/mol. The molecule has 2 bridgehead atoms. The van der Waals surface area contributed by atoms with Crippen LogP contribution < -0.4 is 10.6 Å². The molecule has 0 unspecified atom stereocenters. The maximum Gasteiger partial charge on any atom is 0.226 e. The number of rotatable bonds is 2. The quantitative estimate of drug-likeness (QED) is 0.634. The van der Waals surface area contributed by atoms with E-state index < -0.39 is 0 Å². The monoisotopic (exact) mass is 196 g/mol. The summed E-state index contributed by atoms with van der Waals surface area (Å²) < 4.78 is 5.66. The third kappa shape index (κ3) is 1.33. The first-order chi connectivity index (χ1) is 6.83. The molecule has 3 fully saturated rings. The molecule has 4 heteroatoms. The summed E-state index contributed by atoms with van der Waals surface area (Å²) in [7, 11) is 0. The normalized spacial score (nSPS) is 41.0. The molecule has 0 spiro atoms. The van der Waals surface area contributed by atoms with E-state index in [1.165, 1.54) is 0 Å². The highest BCUT2D eigenvalue weighted by Gasteiger charge is 2.44. The highest BCUT2D eigenvalue weighted by Crippen LogP contribution is 2.38. The molecule has 0 aromatic heterocycles. The van der Waals surface area contributed by atoms with Crippen LogP contribution in [0.3, 0.4) is 0 Å². The fraction of sp³-hybridized carbons (Fsp3) is 0.900. The molecule has 4 nitrogen and oxygen atoms in total. The number of fused-ring (bicyclic) bond motifs is 2. The van der Waals surface area contributed by atoms with E-state index >= 15 is 0 Å². The largest absolute Gasteiger partial charge is 0.374 e. The molecule has 0 radical (unpaired) electrons. The topological polar surface area (TPSA) is 50.4 Å². The van der Waals surface area contributed by atoms with Crippen molar-refractivity contribution >= 4 is 5.91 Å². The Morgan fingerprint density at radius 3 is 2.71 bits per heavy atom. The molecule has 78 valence electrons. The second-order valence-electron chi connectivity index (χ2n) is 4.58. The van der Waals surface area contributed by atoms with Gasteiger partial charge in [0.1, 0.15) is 0 Å². The predicted molar refractivity (Wildman–Crippen MR) is 50.8 cm³/mol. The van der Waals surface area contributed by atoms with Crippen molar-refractivity contribution in [2.75, 3.05) is 13.1 Å². The van der Waals surface area contributed by atoms with E-state index in [4.69, 9.17) is 4.74 Å². The number of amides is 1. The van der Waals surface area contributed by atoms with Crippen LogP contribution >= 0.6 is 0 Å². The zero-order valence-electron chi connectivity index (χ0n) is 8.16. The lowest BCUT2D eigenvalue weighted by atomic mass is 9.88. The van der Waals surface area contributed by atoms with Gasteiger partial charge in [0.25, 0.3) is 0 Å². The van der Waals surface area contributed by atoms with Crippen LogP contribution in [0.1, 0.15) is 19.3 Å². The van der Waals surface area contributed by atoms with Crippen molar-refractivity contribution in [3.05, 3.63) is 0 Å². The summed E-state index contributed by atoms with van der Waals surface area (Å²) in [6.45, 7) is 1.85. The van der Waals surface area contributed by atoms with Crippen molar-refractivity contribution in [3.8, 4) is 0 Å². The Kier molecular flexibility index (Phi) is 1.99. The van der Waals surface area contributed by atoms with Gasteiger partial charge in [-0.3, -0.25) is 4.79 Å². The van der Waals surface area contributed by atoms with E-state index in [0.29, 0.717) is 12.1 Å². The maximum absolute atomic E-state index is 11.8. The zero-order chi connectivity index (χ0) is 9.54. The average molecular weight is 196 g/mol. The molecule has 0 aromatic carbocycles. The Balaban J connectivity index is 1.57. The van der Waals surface area contributed by atoms with Gasteiger partial charge in [-0.1, -0.05) is 0 Å². The van der Waals surface area contributed by atoms with Crippen LogP contribution in [0.15, 0.2) is 0 Å². The Morgan fingerprint density at radius 2 is 2.21 bits per heavy atom. The third-order valence-electron chi connectivity index (χ3n) is 3.57. The van der Waals surface area contributed by atoms with Gasteiger partial charge in [-0.25, -0.2) is 0 Å². The van der Waals surface area contributed by atoms with Crippen LogP contribution in [0.25, 0.3) is 0 Å². The summed E-state index contributed by atoms with van der Waals surface area (Å²) in [6.07, 6.45) is 3.75.